The standard InChI is InChI=1S/C26H20BrClN4O3/c27-23-4-2-1-3-22(23)24(31-26(34)30-21-11-7-19(28)8-12-21)25(33)29-20-9-5-17(6-10-20)18-13-15-32(35)16-14-18/h1-16,24,35H,(H2,30,31,34). The highest BCUT2D eigenvalue weighted by Crippen LogP contribution is 2.25. The Hall–Kier alpha value is -3.72. The van der Waals surface area contributed by atoms with Crippen LogP contribution < -0.4 is 10.6 Å². The van der Waals surface area contributed by atoms with E-state index in [2.05, 4.69) is 31.6 Å². The van der Waals surface area contributed by atoms with Crippen LogP contribution in [0.25, 0.3) is 0 Å². The van der Waals surface area contributed by atoms with Crippen molar-refractivity contribution in [2.75, 3.05) is 5.32 Å². The molecule has 0 aromatic heterocycles. The van der Waals surface area contributed by atoms with Crippen LogP contribution in [0, 0.1) is 0 Å². The number of halogens is 2. The van der Waals surface area contributed by atoms with Crippen LogP contribution >= 0.6 is 27.5 Å². The summed E-state index contributed by atoms with van der Waals surface area (Å²) in [4.78, 5) is 30.1. The second-order valence-corrected chi connectivity index (χ2v) is 8.81. The average Bonchev–Trinajstić information content (AvgIpc) is 2.85. The molecule has 9 heteroatoms. The number of allylic oxidation sites excluding steroid dienone is 8. The van der Waals surface area contributed by atoms with Gasteiger partial charge in [0, 0.05) is 27.6 Å². The Balaban J connectivity index is 1.54. The zero-order chi connectivity index (χ0) is 24.8. The molecule has 0 saturated carbocycles. The van der Waals surface area contributed by atoms with Crippen LogP contribution in [0.1, 0.15) is 11.6 Å². The first-order valence-electron chi connectivity index (χ1n) is 10.5. The second-order valence-electron chi connectivity index (χ2n) is 7.52. The van der Waals surface area contributed by atoms with Crippen molar-refractivity contribution in [3.63, 3.8) is 0 Å². The fraction of sp³-hybridized carbons (Fsp3) is 0.0385. The number of hydrogen-bond acceptors (Lipinski definition) is 4. The van der Waals surface area contributed by atoms with Crippen molar-refractivity contribution in [3.05, 3.63) is 124 Å². The lowest BCUT2D eigenvalue weighted by Crippen LogP contribution is -2.36. The molecule has 1 atom stereocenters. The number of carbonyl (C=O) groups excluding carboxylic acids is 2. The maximum Gasteiger partial charge on any atom is 0.320 e. The van der Waals surface area contributed by atoms with Gasteiger partial charge in [-0.1, -0.05) is 57.9 Å². The van der Waals surface area contributed by atoms with Gasteiger partial charge in [0.15, 0.2) is 0 Å². The van der Waals surface area contributed by atoms with Crippen molar-refractivity contribution in [2.24, 2.45) is 4.99 Å². The SMILES string of the molecule is O=C(Nc1ccc(Cl)cc1)NC(C(=O)N=C1C=CC(=C2C=CN(O)C=C2)C=C1)c1ccccc1Br. The smallest absolute Gasteiger partial charge is 0.320 e. The molecule has 1 heterocycles. The topological polar surface area (TPSA) is 94.0 Å². The number of hydroxylamine groups is 2. The first kappa shape index (κ1) is 24.4. The van der Waals surface area contributed by atoms with Gasteiger partial charge in [0.1, 0.15) is 6.04 Å². The lowest BCUT2D eigenvalue weighted by Gasteiger charge is -2.18. The van der Waals surface area contributed by atoms with E-state index in [0.29, 0.717) is 26.5 Å². The molecule has 2 aromatic rings. The molecule has 1 aliphatic carbocycles. The molecule has 0 spiro atoms. The quantitative estimate of drug-likeness (QED) is 0.429. The van der Waals surface area contributed by atoms with Crippen LogP contribution in [-0.4, -0.2) is 27.9 Å². The van der Waals surface area contributed by atoms with Gasteiger partial charge in [-0.2, -0.15) is 0 Å². The molecule has 1 aliphatic heterocycles. The van der Waals surface area contributed by atoms with E-state index in [4.69, 9.17) is 11.6 Å². The van der Waals surface area contributed by atoms with E-state index >= 15 is 0 Å². The average molecular weight is 552 g/mol. The van der Waals surface area contributed by atoms with Crippen LogP contribution in [0.2, 0.25) is 5.02 Å². The predicted octanol–water partition coefficient (Wildman–Crippen LogP) is 6.09. The van der Waals surface area contributed by atoms with Crippen molar-refractivity contribution in [3.8, 4) is 0 Å². The zero-order valence-electron chi connectivity index (χ0n) is 18.2. The van der Waals surface area contributed by atoms with Crippen molar-refractivity contribution < 1.29 is 14.8 Å². The van der Waals surface area contributed by atoms with Crippen LogP contribution in [0.4, 0.5) is 10.5 Å². The number of anilines is 1. The Morgan fingerprint density at radius 2 is 1.54 bits per heavy atom. The van der Waals surface area contributed by atoms with Gasteiger partial charge in [-0.3, -0.25) is 10.0 Å². The van der Waals surface area contributed by atoms with Gasteiger partial charge in [0.25, 0.3) is 5.91 Å². The molecule has 3 amide bonds. The van der Waals surface area contributed by atoms with Gasteiger partial charge >= 0.3 is 6.03 Å². The number of nitrogens with zero attached hydrogens (tertiary/aromatic N) is 2. The monoisotopic (exact) mass is 550 g/mol. The highest BCUT2D eigenvalue weighted by atomic mass is 79.9. The van der Waals surface area contributed by atoms with Gasteiger partial charge in [-0.25, -0.2) is 14.9 Å². The first-order chi connectivity index (χ1) is 16.9. The fourth-order valence-corrected chi connectivity index (χ4v) is 3.98. The Bertz CT molecular complexity index is 1290. The van der Waals surface area contributed by atoms with Crippen molar-refractivity contribution in [1.82, 2.24) is 10.4 Å². The van der Waals surface area contributed by atoms with E-state index in [1.54, 1.807) is 66.8 Å². The summed E-state index contributed by atoms with van der Waals surface area (Å²) in [7, 11) is 0. The van der Waals surface area contributed by atoms with E-state index in [1.807, 2.05) is 18.2 Å². The molecule has 3 N–H and O–H groups in total. The van der Waals surface area contributed by atoms with Gasteiger partial charge in [0.05, 0.1) is 5.71 Å². The zero-order valence-corrected chi connectivity index (χ0v) is 20.6. The minimum absolute atomic E-state index is 0.448. The number of amides is 3. The van der Waals surface area contributed by atoms with Crippen LogP contribution in [-0.2, 0) is 4.79 Å². The third kappa shape index (κ3) is 6.45. The maximum atomic E-state index is 13.2. The van der Waals surface area contributed by atoms with Crippen LogP contribution in [0.15, 0.2) is 118 Å². The van der Waals surface area contributed by atoms with Crippen molar-refractivity contribution >= 4 is 50.9 Å². The molecule has 0 bridgehead atoms. The number of rotatable bonds is 4. The number of benzene rings is 2. The van der Waals surface area contributed by atoms with E-state index in [9.17, 15) is 14.8 Å². The molecule has 0 saturated heterocycles. The van der Waals surface area contributed by atoms with E-state index < -0.39 is 18.0 Å². The van der Waals surface area contributed by atoms with E-state index in [-0.39, 0.29) is 0 Å². The first-order valence-corrected chi connectivity index (χ1v) is 11.7. The summed E-state index contributed by atoms with van der Waals surface area (Å²) in [6.07, 6.45) is 13.7. The summed E-state index contributed by atoms with van der Waals surface area (Å²) >= 11 is 9.35. The predicted molar refractivity (Wildman–Crippen MR) is 140 cm³/mol. The Morgan fingerprint density at radius 3 is 2.20 bits per heavy atom. The molecule has 4 rings (SSSR count). The van der Waals surface area contributed by atoms with E-state index in [0.717, 1.165) is 16.2 Å². The minimum atomic E-state index is -1.02. The molecule has 7 nitrogen and oxygen atoms in total. The summed E-state index contributed by atoms with van der Waals surface area (Å²) in [5.74, 6) is -0.531. The van der Waals surface area contributed by atoms with Gasteiger partial charge in [0.2, 0.25) is 0 Å². The molecule has 2 aliphatic rings. The van der Waals surface area contributed by atoms with E-state index in [1.165, 1.54) is 12.4 Å². The molecular weight excluding hydrogens is 532 g/mol. The lowest BCUT2D eigenvalue weighted by atomic mass is 10.0. The minimum Gasteiger partial charge on any atom is -0.322 e. The van der Waals surface area contributed by atoms with Gasteiger partial charge in [-0.15, -0.1) is 0 Å². The fourth-order valence-electron chi connectivity index (χ4n) is 3.34. The number of hydrogen-bond donors (Lipinski definition) is 3. The molecule has 0 fully saturated rings. The summed E-state index contributed by atoms with van der Waals surface area (Å²) in [6, 6.07) is 12.2. The highest BCUT2D eigenvalue weighted by molar-refractivity contribution is 9.10. The lowest BCUT2D eigenvalue weighted by molar-refractivity contribution is -0.119. The molecule has 0 radical (unpaired) electrons. The molecular formula is C26H20BrClN4O3. The van der Waals surface area contributed by atoms with Gasteiger partial charge in [-0.05, 0) is 71.3 Å². The number of carbonyl (C=O) groups is 2. The summed E-state index contributed by atoms with van der Waals surface area (Å²) in [5, 5.41) is 16.3. The largest absolute Gasteiger partial charge is 0.322 e. The van der Waals surface area contributed by atoms with Crippen molar-refractivity contribution in [2.45, 2.75) is 6.04 Å². The molecule has 35 heavy (non-hydrogen) atoms. The third-order valence-corrected chi connectivity index (χ3v) is 6.07. The molecule has 2 aromatic carbocycles. The van der Waals surface area contributed by atoms with Crippen molar-refractivity contribution in [1.29, 1.82) is 0 Å². The van der Waals surface area contributed by atoms with Gasteiger partial charge < -0.3 is 10.6 Å². The number of aliphatic imine (C=N–C) groups is 1. The Kier molecular flexibility index (Phi) is 7.77. The van der Waals surface area contributed by atoms with Crippen LogP contribution in [0.5, 0.6) is 0 Å². The second kappa shape index (κ2) is 11.1. The summed E-state index contributed by atoms with van der Waals surface area (Å²) < 4.78 is 0.667. The molecule has 1 unspecified atom stereocenters. The van der Waals surface area contributed by atoms with Crippen LogP contribution in [0.3, 0.4) is 0 Å². The molecule has 176 valence electrons. The number of nitrogens with one attached hydrogen (secondary N) is 2. The third-order valence-electron chi connectivity index (χ3n) is 5.09. The normalized spacial score (nSPS) is 15.3. The summed E-state index contributed by atoms with van der Waals surface area (Å²) in [5.41, 5.74) is 3.36. The Labute approximate surface area is 215 Å². The maximum absolute atomic E-state index is 13.2. The summed E-state index contributed by atoms with van der Waals surface area (Å²) in [6.45, 7) is 0. The Morgan fingerprint density at radius 1 is 0.914 bits per heavy atom. The number of urea groups is 1. The highest BCUT2D eigenvalue weighted by Gasteiger charge is 2.25.